The molecule has 2 saturated heterocycles. The number of piperidine rings is 1. The molecule has 4 atom stereocenters. The first-order valence-corrected chi connectivity index (χ1v) is 13.9. The number of ether oxygens (including phenoxy) is 2. The topological polar surface area (TPSA) is 112 Å². The molecule has 0 aromatic heterocycles. The zero-order valence-corrected chi connectivity index (χ0v) is 22.9. The lowest BCUT2D eigenvalue weighted by atomic mass is 9.86. The fourth-order valence-electron chi connectivity index (χ4n) is 5.37. The zero-order chi connectivity index (χ0) is 26.6. The molecule has 0 bridgehead atoms. The molecule has 9 nitrogen and oxygen atoms in total. The Bertz CT molecular complexity index is 865. The molecule has 10 heteroatoms. The predicted octanol–water partition coefficient (Wildman–Crippen LogP) is 4.19. The van der Waals surface area contributed by atoms with Gasteiger partial charge in [0.25, 0.3) is 0 Å². The highest BCUT2D eigenvalue weighted by Crippen LogP contribution is 2.35. The maximum absolute atomic E-state index is 13.2. The van der Waals surface area contributed by atoms with Crippen molar-refractivity contribution in [1.82, 2.24) is 20.9 Å². The highest BCUT2D eigenvalue weighted by molar-refractivity contribution is 6.30. The normalized spacial score (nSPS) is 22.1. The van der Waals surface area contributed by atoms with Gasteiger partial charge in [-0.3, -0.25) is 0 Å². The van der Waals surface area contributed by atoms with Crippen LogP contribution in [0, 0.1) is 18.8 Å². The number of likely N-dealkylation sites (tertiary alicyclic amines) is 1. The van der Waals surface area contributed by atoms with Crippen LogP contribution in [0.1, 0.15) is 55.8 Å². The number of amides is 3. The van der Waals surface area contributed by atoms with Crippen molar-refractivity contribution in [2.45, 2.75) is 57.6 Å². The minimum atomic E-state index is -1.08. The van der Waals surface area contributed by atoms with Crippen molar-refractivity contribution in [2.75, 3.05) is 53.0 Å². The van der Waals surface area contributed by atoms with Crippen LogP contribution in [0.4, 0.5) is 9.59 Å². The zero-order valence-electron chi connectivity index (χ0n) is 22.1. The van der Waals surface area contributed by atoms with Crippen LogP contribution in [-0.2, 0) is 9.47 Å². The highest BCUT2D eigenvalue weighted by Gasteiger charge is 2.32. The van der Waals surface area contributed by atoms with Crippen molar-refractivity contribution in [1.29, 1.82) is 0 Å². The average molecular weight is 539 g/mol. The Morgan fingerprint density at radius 2 is 2.08 bits per heavy atom. The molecule has 208 valence electrons. The van der Waals surface area contributed by atoms with Crippen LogP contribution in [0.15, 0.2) is 18.2 Å². The van der Waals surface area contributed by atoms with Crippen LogP contribution in [0.3, 0.4) is 0 Å². The number of aryl methyl sites for hydroxylation is 1. The molecule has 0 aliphatic carbocycles. The maximum atomic E-state index is 13.2. The van der Waals surface area contributed by atoms with E-state index in [-0.39, 0.29) is 37.2 Å². The molecule has 2 aliphatic rings. The Labute approximate surface area is 225 Å². The molecule has 1 aromatic rings. The van der Waals surface area contributed by atoms with Gasteiger partial charge >= 0.3 is 12.1 Å². The van der Waals surface area contributed by atoms with Crippen molar-refractivity contribution in [2.24, 2.45) is 11.8 Å². The van der Waals surface area contributed by atoms with E-state index in [2.05, 4.69) is 16.0 Å². The van der Waals surface area contributed by atoms with E-state index in [1.165, 1.54) is 12.8 Å². The number of likely N-dealkylation sites (N-methyl/N-ethyl adjacent to an activating group) is 1. The van der Waals surface area contributed by atoms with Gasteiger partial charge in [-0.1, -0.05) is 24.1 Å². The lowest BCUT2D eigenvalue weighted by Gasteiger charge is -2.37. The van der Waals surface area contributed by atoms with Crippen LogP contribution in [0.25, 0.3) is 0 Å². The SMILES string of the molecule is CNC(CNC(=O)N1CCCC(C(OCCNC(=O)O)c2cc(Cl)ccc2C)C1)CC1CCCCOC1. The molecule has 0 radical (unpaired) electrons. The average Bonchev–Trinajstić information content (AvgIpc) is 3.16. The summed E-state index contributed by atoms with van der Waals surface area (Å²) in [6, 6.07) is 5.87. The summed E-state index contributed by atoms with van der Waals surface area (Å²) in [6.07, 6.45) is 4.90. The van der Waals surface area contributed by atoms with Gasteiger partial charge in [0.1, 0.15) is 0 Å². The van der Waals surface area contributed by atoms with E-state index < -0.39 is 6.09 Å². The van der Waals surface area contributed by atoms with Crippen molar-refractivity contribution < 1.29 is 24.2 Å². The Morgan fingerprint density at radius 1 is 1.24 bits per heavy atom. The number of rotatable bonds is 11. The van der Waals surface area contributed by atoms with E-state index in [4.69, 9.17) is 26.2 Å². The molecule has 4 N–H and O–H groups in total. The van der Waals surface area contributed by atoms with Gasteiger partial charge in [-0.25, -0.2) is 9.59 Å². The Balaban J connectivity index is 1.59. The second-order valence-electron chi connectivity index (χ2n) is 10.2. The van der Waals surface area contributed by atoms with Gasteiger partial charge in [0, 0.05) is 56.4 Å². The Kier molecular flexibility index (Phi) is 12.2. The van der Waals surface area contributed by atoms with Crippen molar-refractivity contribution >= 4 is 23.7 Å². The Hall–Kier alpha value is -2.07. The van der Waals surface area contributed by atoms with Gasteiger partial charge in [0.2, 0.25) is 0 Å². The van der Waals surface area contributed by atoms with E-state index in [1.807, 2.05) is 37.1 Å². The van der Waals surface area contributed by atoms with Crippen molar-refractivity contribution in [3.63, 3.8) is 0 Å². The van der Waals surface area contributed by atoms with Gasteiger partial charge in [-0.05, 0) is 75.3 Å². The summed E-state index contributed by atoms with van der Waals surface area (Å²) in [6.45, 7) is 5.93. The van der Waals surface area contributed by atoms with Crippen LogP contribution in [-0.4, -0.2) is 81.2 Å². The number of nitrogens with zero attached hydrogens (tertiary/aromatic N) is 1. The molecule has 2 fully saturated rings. The first-order valence-electron chi connectivity index (χ1n) is 13.5. The fourth-order valence-corrected chi connectivity index (χ4v) is 5.55. The second kappa shape index (κ2) is 15.4. The Morgan fingerprint density at radius 3 is 2.86 bits per heavy atom. The minimum Gasteiger partial charge on any atom is -0.465 e. The molecular weight excluding hydrogens is 496 g/mol. The number of urea groups is 1. The van der Waals surface area contributed by atoms with Crippen LogP contribution < -0.4 is 16.0 Å². The molecule has 2 aliphatic heterocycles. The van der Waals surface area contributed by atoms with E-state index in [0.717, 1.165) is 50.0 Å². The molecule has 0 spiro atoms. The third kappa shape index (κ3) is 9.63. The summed E-state index contributed by atoms with van der Waals surface area (Å²) >= 11 is 6.31. The van der Waals surface area contributed by atoms with E-state index in [0.29, 0.717) is 30.6 Å². The summed E-state index contributed by atoms with van der Waals surface area (Å²) in [7, 11) is 1.94. The number of halogens is 1. The van der Waals surface area contributed by atoms with Gasteiger partial charge in [-0.15, -0.1) is 0 Å². The molecule has 2 heterocycles. The summed E-state index contributed by atoms with van der Waals surface area (Å²) < 4.78 is 12.0. The second-order valence-corrected chi connectivity index (χ2v) is 10.7. The maximum Gasteiger partial charge on any atom is 0.404 e. The summed E-state index contributed by atoms with van der Waals surface area (Å²) in [4.78, 5) is 25.9. The number of nitrogens with one attached hydrogen (secondary N) is 3. The number of hydrogen-bond acceptors (Lipinski definition) is 5. The summed E-state index contributed by atoms with van der Waals surface area (Å²) in [5.41, 5.74) is 2.04. The third-order valence-corrected chi connectivity index (χ3v) is 7.66. The highest BCUT2D eigenvalue weighted by atomic mass is 35.5. The van der Waals surface area contributed by atoms with Crippen LogP contribution in [0.5, 0.6) is 0 Å². The molecule has 1 aromatic carbocycles. The molecule has 37 heavy (non-hydrogen) atoms. The quantitative estimate of drug-likeness (QED) is 0.314. The monoisotopic (exact) mass is 538 g/mol. The standard InChI is InChI=1S/C27H43ClN4O5/c1-19-8-9-22(28)15-24(19)25(37-13-10-30-27(34)35)21-7-5-11-32(17-21)26(33)31-16-23(29-2)14-20-6-3-4-12-36-18-20/h8-9,15,20-21,23,25,29-30H,3-7,10-14,16-18H2,1-2H3,(H,31,33)(H,34,35). The smallest absolute Gasteiger partial charge is 0.404 e. The number of benzene rings is 1. The largest absolute Gasteiger partial charge is 0.465 e. The molecular formula is C27H43ClN4O5. The van der Waals surface area contributed by atoms with Crippen molar-refractivity contribution in [3.05, 3.63) is 34.3 Å². The molecule has 0 saturated carbocycles. The van der Waals surface area contributed by atoms with E-state index in [9.17, 15) is 9.59 Å². The van der Waals surface area contributed by atoms with Crippen LogP contribution >= 0.6 is 11.6 Å². The lowest BCUT2D eigenvalue weighted by Crippen LogP contribution is -2.50. The number of carbonyl (C=O) groups excluding carboxylic acids is 1. The number of carbonyl (C=O) groups is 2. The number of hydrogen-bond donors (Lipinski definition) is 4. The van der Waals surface area contributed by atoms with Gasteiger partial charge in [0.15, 0.2) is 0 Å². The van der Waals surface area contributed by atoms with Gasteiger partial charge in [0.05, 0.1) is 12.7 Å². The summed E-state index contributed by atoms with van der Waals surface area (Å²) in [5.74, 6) is 0.593. The van der Waals surface area contributed by atoms with Crippen LogP contribution in [0.2, 0.25) is 5.02 Å². The number of carboxylic acid groups (broad SMARTS) is 1. The molecule has 3 rings (SSSR count). The third-order valence-electron chi connectivity index (χ3n) is 7.43. The lowest BCUT2D eigenvalue weighted by molar-refractivity contribution is -0.00870. The molecule has 4 unspecified atom stereocenters. The summed E-state index contributed by atoms with van der Waals surface area (Å²) in [5, 5.41) is 18.4. The van der Waals surface area contributed by atoms with Gasteiger partial charge < -0.3 is 35.4 Å². The molecule has 3 amide bonds. The van der Waals surface area contributed by atoms with Gasteiger partial charge in [-0.2, -0.15) is 0 Å². The predicted molar refractivity (Wildman–Crippen MR) is 144 cm³/mol. The van der Waals surface area contributed by atoms with E-state index >= 15 is 0 Å². The minimum absolute atomic E-state index is 0.0591. The first kappa shape index (κ1) is 29.5. The first-order chi connectivity index (χ1) is 17.9. The van der Waals surface area contributed by atoms with Crippen molar-refractivity contribution in [3.8, 4) is 0 Å². The van der Waals surface area contributed by atoms with E-state index in [1.54, 1.807) is 0 Å². The fraction of sp³-hybridized carbons (Fsp3) is 0.704.